The van der Waals surface area contributed by atoms with E-state index >= 15 is 0 Å². The van der Waals surface area contributed by atoms with Crippen LogP contribution in [-0.2, 0) is 0 Å². The van der Waals surface area contributed by atoms with Crippen LogP contribution in [0.3, 0.4) is 0 Å². The van der Waals surface area contributed by atoms with Gasteiger partial charge in [0.05, 0.1) is 0 Å². The number of carbonyl (C=O) groups is 1. The molecular formula is C16H23NO. The van der Waals surface area contributed by atoms with Crippen LogP contribution in [0.25, 0.3) is 0 Å². The first-order valence-electron chi connectivity index (χ1n) is 7.07. The topological polar surface area (TPSA) is 29.1 Å². The lowest BCUT2D eigenvalue weighted by Crippen LogP contribution is -2.22. The highest BCUT2D eigenvalue weighted by Crippen LogP contribution is 2.22. The van der Waals surface area contributed by atoms with Gasteiger partial charge < -0.3 is 5.32 Å². The van der Waals surface area contributed by atoms with Gasteiger partial charge in [-0.15, -0.1) is 0 Å². The molecule has 0 radical (unpaired) electrons. The van der Waals surface area contributed by atoms with Crippen LogP contribution in [0.1, 0.15) is 56.3 Å². The van der Waals surface area contributed by atoms with Crippen LogP contribution < -0.4 is 5.32 Å². The maximum Gasteiger partial charge on any atom is 0.165 e. The molecule has 0 heterocycles. The van der Waals surface area contributed by atoms with Crippen molar-refractivity contribution < 1.29 is 4.79 Å². The summed E-state index contributed by atoms with van der Waals surface area (Å²) in [6.07, 6.45) is 6.59. The molecular weight excluding hydrogens is 222 g/mol. The summed E-state index contributed by atoms with van der Waals surface area (Å²) in [6, 6.07) is 8.56. The molecule has 18 heavy (non-hydrogen) atoms. The molecule has 0 bridgehead atoms. The molecule has 0 aliphatic heterocycles. The molecule has 1 aromatic rings. The van der Waals surface area contributed by atoms with E-state index in [1.165, 1.54) is 32.1 Å². The Morgan fingerprint density at radius 2 is 1.72 bits per heavy atom. The standard InChI is InChI=1S/C16H23NO/c1-12(2)16(18)13-8-10-15(11-9-13)17-14-6-4-3-5-7-14/h8-12,14,17H,3-7H2,1-2H3. The number of ketones is 1. The van der Waals surface area contributed by atoms with E-state index in [1.54, 1.807) is 0 Å². The van der Waals surface area contributed by atoms with Gasteiger partial charge in [0, 0.05) is 23.2 Å². The number of rotatable bonds is 4. The summed E-state index contributed by atoms with van der Waals surface area (Å²) in [5.41, 5.74) is 1.96. The van der Waals surface area contributed by atoms with E-state index < -0.39 is 0 Å². The van der Waals surface area contributed by atoms with E-state index in [1.807, 2.05) is 38.1 Å². The molecule has 0 amide bonds. The fourth-order valence-corrected chi connectivity index (χ4v) is 2.55. The molecule has 2 nitrogen and oxygen atoms in total. The number of hydrogen-bond acceptors (Lipinski definition) is 2. The van der Waals surface area contributed by atoms with E-state index in [2.05, 4.69) is 5.32 Å². The van der Waals surface area contributed by atoms with E-state index in [9.17, 15) is 4.79 Å². The normalized spacial score (nSPS) is 16.8. The Bertz CT molecular complexity index is 388. The fraction of sp³-hybridized carbons (Fsp3) is 0.562. The summed E-state index contributed by atoms with van der Waals surface area (Å²) >= 11 is 0. The zero-order chi connectivity index (χ0) is 13.0. The summed E-state index contributed by atoms with van der Waals surface area (Å²) in [6.45, 7) is 3.88. The predicted octanol–water partition coefficient (Wildman–Crippen LogP) is 4.27. The zero-order valence-electron chi connectivity index (χ0n) is 11.4. The van der Waals surface area contributed by atoms with Crippen molar-refractivity contribution in [3.05, 3.63) is 29.8 Å². The Kier molecular flexibility index (Phi) is 4.40. The lowest BCUT2D eigenvalue weighted by Gasteiger charge is -2.23. The second-order valence-electron chi connectivity index (χ2n) is 5.58. The van der Waals surface area contributed by atoms with Gasteiger partial charge in [0.15, 0.2) is 5.78 Å². The Morgan fingerprint density at radius 3 is 2.28 bits per heavy atom. The fourth-order valence-electron chi connectivity index (χ4n) is 2.55. The highest BCUT2D eigenvalue weighted by molar-refractivity contribution is 5.97. The van der Waals surface area contributed by atoms with Crippen LogP contribution in [-0.4, -0.2) is 11.8 Å². The first-order valence-corrected chi connectivity index (χ1v) is 7.07. The van der Waals surface area contributed by atoms with Gasteiger partial charge in [0.1, 0.15) is 0 Å². The molecule has 1 aliphatic rings. The van der Waals surface area contributed by atoms with Gasteiger partial charge in [-0.2, -0.15) is 0 Å². The first kappa shape index (κ1) is 13.1. The van der Waals surface area contributed by atoms with Gasteiger partial charge in [0.2, 0.25) is 0 Å². The van der Waals surface area contributed by atoms with Crippen LogP contribution in [0.4, 0.5) is 5.69 Å². The van der Waals surface area contributed by atoms with E-state index in [-0.39, 0.29) is 11.7 Å². The second kappa shape index (κ2) is 6.03. The number of nitrogens with one attached hydrogen (secondary N) is 1. The molecule has 1 N–H and O–H groups in total. The maximum absolute atomic E-state index is 11.8. The summed E-state index contributed by atoms with van der Waals surface area (Å²) in [7, 11) is 0. The lowest BCUT2D eigenvalue weighted by atomic mass is 9.95. The minimum Gasteiger partial charge on any atom is -0.382 e. The largest absolute Gasteiger partial charge is 0.382 e. The van der Waals surface area contributed by atoms with Crippen molar-refractivity contribution in [2.75, 3.05) is 5.32 Å². The van der Waals surface area contributed by atoms with Crippen LogP contribution in [0.5, 0.6) is 0 Å². The van der Waals surface area contributed by atoms with Crippen LogP contribution >= 0.6 is 0 Å². The molecule has 1 aromatic carbocycles. The van der Waals surface area contributed by atoms with E-state index in [4.69, 9.17) is 0 Å². The molecule has 1 saturated carbocycles. The Morgan fingerprint density at radius 1 is 1.11 bits per heavy atom. The van der Waals surface area contributed by atoms with Crippen LogP contribution in [0.15, 0.2) is 24.3 Å². The molecule has 98 valence electrons. The molecule has 0 unspecified atom stereocenters. The minimum atomic E-state index is 0.0714. The zero-order valence-corrected chi connectivity index (χ0v) is 11.4. The van der Waals surface area contributed by atoms with Gasteiger partial charge in [-0.3, -0.25) is 4.79 Å². The van der Waals surface area contributed by atoms with Gasteiger partial charge in [-0.1, -0.05) is 33.1 Å². The predicted molar refractivity (Wildman–Crippen MR) is 76.1 cm³/mol. The first-order chi connectivity index (χ1) is 8.66. The molecule has 1 fully saturated rings. The van der Waals surface area contributed by atoms with Crippen molar-refractivity contribution in [3.63, 3.8) is 0 Å². The number of carbonyl (C=O) groups excluding carboxylic acids is 1. The Hall–Kier alpha value is -1.31. The van der Waals surface area contributed by atoms with Crippen molar-refractivity contribution >= 4 is 11.5 Å². The lowest BCUT2D eigenvalue weighted by molar-refractivity contribution is 0.0939. The quantitative estimate of drug-likeness (QED) is 0.803. The van der Waals surface area contributed by atoms with Crippen LogP contribution in [0, 0.1) is 5.92 Å². The minimum absolute atomic E-state index is 0.0714. The van der Waals surface area contributed by atoms with Crippen molar-refractivity contribution in [1.29, 1.82) is 0 Å². The monoisotopic (exact) mass is 245 g/mol. The van der Waals surface area contributed by atoms with Crippen molar-refractivity contribution in [2.24, 2.45) is 5.92 Å². The smallest absolute Gasteiger partial charge is 0.165 e. The van der Waals surface area contributed by atoms with Gasteiger partial charge in [-0.05, 0) is 37.1 Å². The number of benzene rings is 1. The Balaban J connectivity index is 1.96. The average molecular weight is 245 g/mol. The van der Waals surface area contributed by atoms with Crippen LogP contribution in [0.2, 0.25) is 0 Å². The SMILES string of the molecule is CC(C)C(=O)c1ccc(NC2CCCCC2)cc1. The molecule has 1 aliphatic carbocycles. The number of anilines is 1. The molecule has 2 heteroatoms. The Labute approximate surface area is 110 Å². The highest BCUT2D eigenvalue weighted by Gasteiger charge is 2.13. The third-order valence-corrected chi connectivity index (χ3v) is 3.67. The number of hydrogen-bond donors (Lipinski definition) is 1. The molecule has 0 atom stereocenters. The van der Waals surface area contributed by atoms with E-state index in [0.717, 1.165) is 11.3 Å². The van der Waals surface area contributed by atoms with Crippen molar-refractivity contribution in [2.45, 2.75) is 52.0 Å². The van der Waals surface area contributed by atoms with Crippen molar-refractivity contribution in [3.8, 4) is 0 Å². The van der Waals surface area contributed by atoms with E-state index in [0.29, 0.717) is 6.04 Å². The summed E-state index contributed by atoms with van der Waals surface area (Å²) in [4.78, 5) is 11.8. The van der Waals surface area contributed by atoms with Crippen molar-refractivity contribution in [1.82, 2.24) is 0 Å². The number of Topliss-reactive ketones (excluding diaryl/α,β-unsaturated/α-hetero) is 1. The third kappa shape index (κ3) is 3.34. The third-order valence-electron chi connectivity index (χ3n) is 3.67. The summed E-state index contributed by atoms with van der Waals surface area (Å²) in [5.74, 6) is 0.293. The molecule has 0 saturated heterocycles. The molecule has 0 spiro atoms. The summed E-state index contributed by atoms with van der Waals surface area (Å²) < 4.78 is 0. The van der Waals surface area contributed by atoms with Gasteiger partial charge in [0.25, 0.3) is 0 Å². The van der Waals surface area contributed by atoms with Gasteiger partial charge >= 0.3 is 0 Å². The average Bonchev–Trinajstić information content (AvgIpc) is 2.40. The maximum atomic E-state index is 11.8. The molecule has 2 rings (SSSR count). The second-order valence-corrected chi connectivity index (χ2v) is 5.58. The van der Waals surface area contributed by atoms with Gasteiger partial charge in [-0.25, -0.2) is 0 Å². The summed E-state index contributed by atoms with van der Waals surface area (Å²) in [5, 5.41) is 3.56. The highest BCUT2D eigenvalue weighted by atomic mass is 16.1. The molecule has 0 aromatic heterocycles.